The molecule has 0 bridgehead atoms. The van der Waals surface area contributed by atoms with Crippen molar-refractivity contribution in [2.75, 3.05) is 7.05 Å². The van der Waals surface area contributed by atoms with Crippen LogP contribution in [0.15, 0.2) is 0 Å². The molecule has 0 saturated heterocycles. The summed E-state index contributed by atoms with van der Waals surface area (Å²) in [4.78, 5) is 0. The Hall–Kier alpha value is -0.120. The lowest BCUT2D eigenvalue weighted by Crippen LogP contribution is -2.41. The second kappa shape index (κ2) is 3.91. The first-order valence-corrected chi connectivity index (χ1v) is 3.98. The molecular weight excluding hydrogens is 128 g/mol. The zero-order valence-corrected chi connectivity index (χ0v) is 6.51. The Morgan fingerprint density at radius 3 is 2.40 bits per heavy atom. The van der Waals surface area contributed by atoms with Crippen molar-refractivity contribution < 1.29 is 5.21 Å². The Kier molecular flexibility index (Phi) is 3.12. The van der Waals surface area contributed by atoms with Gasteiger partial charge in [-0.15, -0.1) is 5.17 Å². The zero-order valence-electron chi connectivity index (χ0n) is 6.51. The molecule has 60 valence electrons. The van der Waals surface area contributed by atoms with Crippen molar-refractivity contribution in [3.63, 3.8) is 0 Å². The minimum absolute atomic E-state index is 0.503. The second-order valence-corrected chi connectivity index (χ2v) is 2.99. The highest BCUT2D eigenvalue weighted by Crippen LogP contribution is 2.16. The van der Waals surface area contributed by atoms with Gasteiger partial charge in [-0.3, -0.25) is 5.21 Å². The van der Waals surface area contributed by atoms with Crippen LogP contribution < -0.4 is 5.43 Å². The first-order valence-electron chi connectivity index (χ1n) is 3.98. The minimum atomic E-state index is 0.503. The molecule has 10 heavy (non-hydrogen) atoms. The van der Waals surface area contributed by atoms with E-state index in [1.54, 1.807) is 7.05 Å². The summed E-state index contributed by atoms with van der Waals surface area (Å²) in [5.74, 6) is 0. The maximum Gasteiger partial charge on any atom is 0.0285 e. The molecule has 0 spiro atoms. The van der Waals surface area contributed by atoms with Crippen LogP contribution in [0.25, 0.3) is 0 Å². The van der Waals surface area contributed by atoms with Gasteiger partial charge in [0.15, 0.2) is 0 Å². The third kappa shape index (κ3) is 2.64. The van der Waals surface area contributed by atoms with Gasteiger partial charge in [-0.2, -0.15) is 0 Å². The molecule has 1 rings (SSSR count). The lowest BCUT2D eigenvalue weighted by atomic mass is 9.96. The van der Waals surface area contributed by atoms with E-state index in [0.717, 1.165) is 5.17 Å². The van der Waals surface area contributed by atoms with Crippen LogP contribution in [0.3, 0.4) is 0 Å². The van der Waals surface area contributed by atoms with Gasteiger partial charge in [0.2, 0.25) is 0 Å². The van der Waals surface area contributed by atoms with Gasteiger partial charge >= 0.3 is 0 Å². The van der Waals surface area contributed by atoms with Crippen LogP contribution in [0.1, 0.15) is 32.1 Å². The average molecular weight is 144 g/mol. The molecule has 1 aliphatic rings. The number of hydrogen-bond donors (Lipinski definition) is 2. The third-order valence-corrected chi connectivity index (χ3v) is 1.97. The van der Waals surface area contributed by atoms with Gasteiger partial charge in [0.1, 0.15) is 0 Å². The van der Waals surface area contributed by atoms with Crippen molar-refractivity contribution in [3.8, 4) is 0 Å². The number of rotatable bonds is 2. The van der Waals surface area contributed by atoms with Crippen LogP contribution in [-0.4, -0.2) is 23.5 Å². The van der Waals surface area contributed by atoms with E-state index in [1.165, 1.54) is 32.1 Å². The summed E-state index contributed by atoms with van der Waals surface area (Å²) < 4.78 is 0. The molecule has 3 nitrogen and oxygen atoms in total. The summed E-state index contributed by atoms with van der Waals surface area (Å²) in [5, 5.41) is 9.89. The molecule has 0 aromatic carbocycles. The van der Waals surface area contributed by atoms with Crippen LogP contribution in [0.4, 0.5) is 0 Å². The second-order valence-electron chi connectivity index (χ2n) is 2.99. The van der Waals surface area contributed by atoms with E-state index >= 15 is 0 Å². The van der Waals surface area contributed by atoms with E-state index in [0.29, 0.717) is 6.04 Å². The first-order chi connectivity index (χ1) is 4.79. The smallest absolute Gasteiger partial charge is 0.0285 e. The van der Waals surface area contributed by atoms with Crippen LogP contribution in [-0.2, 0) is 0 Å². The molecule has 1 aliphatic carbocycles. The van der Waals surface area contributed by atoms with Gasteiger partial charge in [0.25, 0.3) is 0 Å². The van der Waals surface area contributed by atoms with E-state index in [1.807, 2.05) is 0 Å². The summed E-state index contributed by atoms with van der Waals surface area (Å²) in [7, 11) is 1.62. The SMILES string of the molecule is CN(O)NC1CCCCC1. The highest BCUT2D eigenvalue weighted by molar-refractivity contribution is 4.68. The number of hydroxylamine groups is 1. The maximum atomic E-state index is 8.83. The highest BCUT2D eigenvalue weighted by Gasteiger charge is 2.12. The summed E-state index contributed by atoms with van der Waals surface area (Å²) in [6.07, 6.45) is 6.35. The molecule has 0 aliphatic heterocycles. The summed E-state index contributed by atoms with van der Waals surface area (Å²) in [6, 6.07) is 0.503. The number of hydrazine groups is 1. The van der Waals surface area contributed by atoms with Gasteiger partial charge in [-0.1, -0.05) is 19.3 Å². The molecule has 0 aromatic rings. The number of nitrogens with zero attached hydrogens (tertiary/aromatic N) is 1. The molecule has 0 heterocycles. The summed E-state index contributed by atoms with van der Waals surface area (Å²) in [6.45, 7) is 0. The predicted molar refractivity (Wildman–Crippen MR) is 39.6 cm³/mol. The Labute approximate surface area is 62.0 Å². The number of nitrogens with one attached hydrogen (secondary N) is 1. The largest absolute Gasteiger partial charge is 0.299 e. The summed E-state index contributed by atoms with van der Waals surface area (Å²) in [5.41, 5.74) is 2.97. The molecule has 3 heteroatoms. The van der Waals surface area contributed by atoms with Gasteiger partial charge in [-0.25, -0.2) is 5.43 Å². The molecule has 0 unspecified atom stereocenters. The molecule has 2 N–H and O–H groups in total. The van der Waals surface area contributed by atoms with Crippen molar-refractivity contribution >= 4 is 0 Å². The molecular formula is C7H16N2O. The van der Waals surface area contributed by atoms with E-state index in [9.17, 15) is 0 Å². The fraction of sp³-hybridized carbons (Fsp3) is 1.00. The predicted octanol–water partition coefficient (Wildman–Crippen LogP) is 1.14. The van der Waals surface area contributed by atoms with Crippen LogP contribution in [0, 0.1) is 0 Å². The van der Waals surface area contributed by atoms with Crippen LogP contribution in [0.2, 0.25) is 0 Å². The van der Waals surface area contributed by atoms with Crippen molar-refractivity contribution in [2.45, 2.75) is 38.1 Å². The van der Waals surface area contributed by atoms with Gasteiger partial charge < -0.3 is 0 Å². The van der Waals surface area contributed by atoms with Gasteiger partial charge in [-0.05, 0) is 12.8 Å². The average Bonchev–Trinajstić information content (AvgIpc) is 1.88. The van der Waals surface area contributed by atoms with Crippen molar-refractivity contribution in [2.24, 2.45) is 0 Å². The number of hydrogen-bond acceptors (Lipinski definition) is 3. The standard InChI is InChI=1S/C7H16N2O/c1-9(10)8-7-5-3-2-4-6-7/h7-8,10H,2-6H2,1H3. The monoisotopic (exact) mass is 144 g/mol. The Balaban J connectivity index is 2.13. The fourth-order valence-electron chi connectivity index (χ4n) is 1.50. The normalized spacial score (nSPS) is 21.9. The Morgan fingerprint density at radius 1 is 1.30 bits per heavy atom. The minimum Gasteiger partial charge on any atom is -0.299 e. The van der Waals surface area contributed by atoms with Crippen LogP contribution in [0.5, 0.6) is 0 Å². The molecule has 1 saturated carbocycles. The molecule has 0 aromatic heterocycles. The third-order valence-electron chi connectivity index (χ3n) is 1.97. The Morgan fingerprint density at radius 2 is 1.90 bits per heavy atom. The maximum absolute atomic E-state index is 8.83. The topological polar surface area (TPSA) is 35.5 Å². The van der Waals surface area contributed by atoms with E-state index in [2.05, 4.69) is 5.43 Å². The van der Waals surface area contributed by atoms with Crippen LogP contribution >= 0.6 is 0 Å². The first kappa shape index (κ1) is 7.98. The lowest BCUT2D eigenvalue weighted by Gasteiger charge is -2.24. The quantitative estimate of drug-likeness (QED) is 0.570. The lowest BCUT2D eigenvalue weighted by molar-refractivity contribution is -0.125. The molecule has 0 amide bonds. The zero-order chi connectivity index (χ0) is 7.40. The van der Waals surface area contributed by atoms with Gasteiger partial charge in [0, 0.05) is 13.1 Å². The van der Waals surface area contributed by atoms with Crippen molar-refractivity contribution in [1.82, 2.24) is 10.6 Å². The highest BCUT2D eigenvalue weighted by atomic mass is 16.5. The van der Waals surface area contributed by atoms with Crippen molar-refractivity contribution in [3.05, 3.63) is 0 Å². The molecule has 0 radical (unpaired) electrons. The van der Waals surface area contributed by atoms with Crippen molar-refractivity contribution in [1.29, 1.82) is 0 Å². The molecule has 1 fully saturated rings. The molecule has 0 atom stereocenters. The Bertz CT molecular complexity index is 89.6. The van der Waals surface area contributed by atoms with E-state index < -0.39 is 0 Å². The van der Waals surface area contributed by atoms with E-state index in [4.69, 9.17) is 5.21 Å². The fourth-order valence-corrected chi connectivity index (χ4v) is 1.50. The van der Waals surface area contributed by atoms with Gasteiger partial charge in [0.05, 0.1) is 0 Å². The van der Waals surface area contributed by atoms with E-state index in [-0.39, 0.29) is 0 Å². The summed E-state index contributed by atoms with van der Waals surface area (Å²) >= 11 is 0.